The van der Waals surface area contributed by atoms with E-state index in [0.717, 1.165) is 4.90 Å². The van der Waals surface area contributed by atoms with Gasteiger partial charge in [-0.15, -0.1) is 0 Å². The monoisotopic (exact) mass is 291 g/mol. The first-order chi connectivity index (χ1) is 9.90. The van der Waals surface area contributed by atoms with Crippen molar-refractivity contribution in [3.8, 4) is 0 Å². The summed E-state index contributed by atoms with van der Waals surface area (Å²) in [5, 5.41) is 11.1. The SMILES string of the molecule is CN(C(=O)CN1C(=O)CNC1=O)c1ccc(C(=O)O)cc1. The zero-order valence-electron chi connectivity index (χ0n) is 11.2. The van der Waals surface area contributed by atoms with E-state index in [9.17, 15) is 19.2 Å². The van der Waals surface area contributed by atoms with Crippen LogP contribution < -0.4 is 10.2 Å². The van der Waals surface area contributed by atoms with Gasteiger partial charge in [-0.1, -0.05) is 0 Å². The number of carboxylic acid groups (broad SMARTS) is 1. The minimum absolute atomic E-state index is 0.105. The molecule has 21 heavy (non-hydrogen) atoms. The van der Waals surface area contributed by atoms with Crippen LogP contribution in [-0.2, 0) is 9.59 Å². The van der Waals surface area contributed by atoms with Crippen LogP contribution in [0.2, 0.25) is 0 Å². The Morgan fingerprint density at radius 1 is 1.29 bits per heavy atom. The molecule has 2 rings (SSSR count). The lowest BCUT2D eigenvalue weighted by Gasteiger charge is -2.20. The van der Waals surface area contributed by atoms with Gasteiger partial charge in [0.2, 0.25) is 5.91 Å². The largest absolute Gasteiger partial charge is 0.478 e. The van der Waals surface area contributed by atoms with E-state index in [2.05, 4.69) is 5.32 Å². The molecule has 8 heteroatoms. The molecule has 0 unspecified atom stereocenters. The fraction of sp³-hybridized carbons (Fsp3) is 0.231. The summed E-state index contributed by atoms with van der Waals surface area (Å²) in [6, 6.07) is 5.10. The molecule has 1 fully saturated rings. The van der Waals surface area contributed by atoms with Gasteiger partial charge < -0.3 is 15.3 Å². The van der Waals surface area contributed by atoms with Crippen molar-refractivity contribution in [1.82, 2.24) is 10.2 Å². The summed E-state index contributed by atoms with van der Waals surface area (Å²) < 4.78 is 0. The van der Waals surface area contributed by atoms with E-state index in [1.807, 2.05) is 0 Å². The molecular formula is C13H13N3O5. The minimum atomic E-state index is -1.06. The molecule has 1 heterocycles. The maximum Gasteiger partial charge on any atom is 0.335 e. The quantitative estimate of drug-likeness (QED) is 0.753. The molecule has 0 radical (unpaired) electrons. The van der Waals surface area contributed by atoms with Crippen molar-refractivity contribution in [2.45, 2.75) is 0 Å². The van der Waals surface area contributed by atoms with E-state index in [1.165, 1.54) is 36.2 Å². The van der Waals surface area contributed by atoms with Gasteiger partial charge in [0, 0.05) is 12.7 Å². The van der Waals surface area contributed by atoms with Crippen LogP contribution in [0.5, 0.6) is 0 Å². The molecule has 0 aliphatic carbocycles. The molecule has 8 nitrogen and oxygen atoms in total. The topological polar surface area (TPSA) is 107 Å². The molecule has 1 aromatic rings. The Hall–Kier alpha value is -2.90. The summed E-state index contributed by atoms with van der Waals surface area (Å²) in [6.45, 7) is -0.467. The fourth-order valence-corrected chi connectivity index (χ4v) is 1.83. The van der Waals surface area contributed by atoms with Crippen molar-refractivity contribution < 1.29 is 24.3 Å². The van der Waals surface area contributed by atoms with Crippen molar-refractivity contribution >= 4 is 29.5 Å². The van der Waals surface area contributed by atoms with Crippen LogP contribution in [0.3, 0.4) is 0 Å². The molecule has 1 saturated heterocycles. The molecule has 1 aromatic carbocycles. The van der Waals surface area contributed by atoms with Gasteiger partial charge in [0.05, 0.1) is 12.1 Å². The molecule has 0 atom stereocenters. The van der Waals surface area contributed by atoms with Crippen LogP contribution in [0, 0.1) is 0 Å². The number of carbonyl (C=O) groups is 4. The average molecular weight is 291 g/mol. The maximum atomic E-state index is 12.0. The molecule has 0 spiro atoms. The summed E-state index contributed by atoms with van der Waals surface area (Å²) in [7, 11) is 1.48. The number of hydrogen-bond donors (Lipinski definition) is 2. The summed E-state index contributed by atoms with van der Waals surface area (Å²) in [6.07, 6.45) is 0. The van der Waals surface area contributed by atoms with Crippen LogP contribution >= 0.6 is 0 Å². The van der Waals surface area contributed by atoms with Crippen LogP contribution in [0.25, 0.3) is 0 Å². The van der Waals surface area contributed by atoms with E-state index in [0.29, 0.717) is 5.69 Å². The van der Waals surface area contributed by atoms with Crippen molar-refractivity contribution in [2.24, 2.45) is 0 Å². The van der Waals surface area contributed by atoms with Gasteiger partial charge in [0.25, 0.3) is 5.91 Å². The summed E-state index contributed by atoms with van der Waals surface area (Å²) in [5.74, 6) is -1.97. The first kappa shape index (κ1) is 14.5. The van der Waals surface area contributed by atoms with Gasteiger partial charge in [0.1, 0.15) is 6.54 Å². The van der Waals surface area contributed by atoms with Gasteiger partial charge in [-0.3, -0.25) is 14.5 Å². The highest BCUT2D eigenvalue weighted by Gasteiger charge is 2.31. The predicted octanol–water partition coefficient (Wildman–Crippen LogP) is -0.101. The Kier molecular flexibility index (Phi) is 3.88. The molecule has 0 aromatic heterocycles. The highest BCUT2D eigenvalue weighted by atomic mass is 16.4. The first-order valence-electron chi connectivity index (χ1n) is 6.08. The highest BCUT2D eigenvalue weighted by molar-refractivity contribution is 6.06. The predicted molar refractivity (Wildman–Crippen MR) is 71.9 cm³/mol. The maximum absolute atomic E-state index is 12.0. The van der Waals surface area contributed by atoms with Crippen LogP contribution in [0.4, 0.5) is 10.5 Å². The number of nitrogens with one attached hydrogen (secondary N) is 1. The van der Waals surface area contributed by atoms with Crippen LogP contribution in [0.1, 0.15) is 10.4 Å². The number of benzene rings is 1. The molecular weight excluding hydrogens is 278 g/mol. The van der Waals surface area contributed by atoms with E-state index in [1.54, 1.807) is 0 Å². The number of anilines is 1. The number of hydrogen-bond acceptors (Lipinski definition) is 4. The number of aromatic carboxylic acids is 1. The zero-order chi connectivity index (χ0) is 15.6. The number of rotatable bonds is 4. The second-order valence-corrected chi connectivity index (χ2v) is 4.44. The average Bonchev–Trinajstić information content (AvgIpc) is 2.78. The van der Waals surface area contributed by atoms with Crippen molar-refractivity contribution in [2.75, 3.05) is 25.0 Å². The number of amides is 4. The number of urea groups is 1. The van der Waals surface area contributed by atoms with Crippen molar-refractivity contribution in [3.05, 3.63) is 29.8 Å². The smallest absolute Gasteiger partial charge is 0.335 e. The van der Waals surface area contributed by atoms with Gasteiger partial charge in [-0.2, -0.15) is 0 Å². The van der Waals surface area contributed by atoms with E-state index >= 15 is 0 Å². The third-order valence-electron chi connectivity index (χ3n) is 3.11. The number of imide groups is 1. The molecule has 110 valence electrons. The van der Waals surface area contributed by atoms with E-state index < -0.39 is 23.8 Å². The minimum Gasteiger partial charge on any atom is -0.478 e. The third kappa shape index (κ3) is 2.99. The van der Waals surface area contributed by atoms with E-state index in [4.69, 9.17) is 5.11 Å². The molecule has 0 bridgehead atoms. The highest BCUT2D eigenvalue weighted by Crippen LogP contribution is 2.14. The number of carbonyl (C=O) groups excluding carboxylic acids is 3. The second kappa shape index (κ2) is 5.61. The Balaban J connectivity index is 2.06. The molecule has 1 aliphatic heterocycles. The number of carboxylic acids is 1. The van der Waals surface area contributed by atoms with E-state index in [-0.39, 0.29) is 18.7 Å². The molecule has 0 saturated carbocycles. The van der Waals surface area contributed by atoms with Gasteiger partial charge in [-0.25, -0.2) is 9.59 Å². The summed E-state index contributed by atoms with van der Waals surface area (Å²) in [5.41, 5.74) is 0.575. The lowest BCUT2D eigenvalue weighted by atomic mass is 10.2. The van der Waals surface area contributed by atoms with Crippen molar-refractivity contribution in [1.29, 1.82) is 0 Å². The number of nitrogens with zero attached hydrogens (tertiary/aromatic N) is 2. The van der Waals surface area contributed by atoms with Gasteiger partial charge in [-0.05, 0) is 24.3 Å². The first-order valence-corrected chi connectivity index (χ1v) is 6.08. The third-order valence-corrected chi connectivity index (χ3v) is 3.11. The zero-order valence-corrected chi connectivity index (χ0v) is 11.2. The fourth-order valence-electron chi connectivity index (χ4n) is 1.83. The summed E-state index contributed by atoms with van der Waals surface area (Å²) in [4.78, 5) is 47.6. The lowest BCUT2D eigenvalue weighted by molar-refractivity contribution is -0.129. The standard InChI is InChI=1S/C13H13N3O5/c1-15(9-4-2-8(3-5-9)12(19)20)11(18)7-16-10(17)6-14-13(16)21/h2-5H,6-7H2,1H3,(H,14,21)(H,19,20). The lowest BCUT2D eigenvalue weighted by Crippen LogP contribution is -2.41. The second-order valence-electron chi connectivity index (χ2n) is 4.44. The Morgan fingerprint density at radius 2 is 1.90 bits per heavy atom. The van der Waals surface area contributed by atoms with Gasteiger partial charge >= 0.3 is 12.0 Å². The Morgan fingerprint density at radius 3 is 2.38 bits per heavy atom. The van der Waals surface area contributed by atoms with Crippen LogP contribution in [-0.4, -0.2) is 54.0 Å². The Labute approximate surface area is 119 Å². The van der Waals surface area contributed by atoms with Gasteiger partial charge in [0.15, 0.2) is 0 Å². The normalized spacial score (nSPS) is 14.0. The number of likely N-dealkylation sites (N-methyl/N-ethyl adjacent to an activating group) is 1. The summed E-state index contributed by atoms with van der Waals surface area (Å²) >= 11 is 0. The Bertz CT molecular complexity index is 595. The van der Waals surface area contributed by atoms with Crippen molar-refractivity contribution in [3.63, 3.8) is 0 Å². The molecule has 4 amide bonds. The molecule has 2 N–H and O–H groups in total. The van der Waals surface area contributed by atoms with Crippen LogP contribution in [0.15, 0.2) is 24.3 Å². The molecule has 1 aliphatic rings.